The van der Waals surface area contributed by atoms with Gasteiger partial charge in [0.2, 0.25) is 5.91 Å². The Morgan fingerprint density at radius 1 is 1.08 bits per heavy atom. The lowest BCUT2D eigenvalue weighted by molar-refractivity contribution is -0.144. The molecule has 0 aromatic carbocycles. The Hall–Kier alpha value is -2.43. The van der Waals surface area contributed by atoms with E-state index < -0.39 is 35.8 Å². The van der Waals surface area contributed by atoms with E-state index in [1.807, 2.05) is 0 Å². The molecule has 8 nitrogen and oxygen atoms in total. The fourth-order valence-corrected chi connectivity index (χ4v) is 4.02. The number of hydrogen-bond acceptors (Lipinski definition) is 5. The average molecular weight is 346 g/mol. The van der Waals surface area contributed by atoms with Crippen LogP contribution in [0.25, 0.3) is 0 Å². The van der Waals surface area contributed by atoms with Crippen LogP contribution in [-0.4, -0.2) is 51.7 Å². The normalized spacial score (nSPS) is 23.9. The minimum Gasteiger partial charge on any atom is -0.336 e. The first-order valence-corrected chi connectivity index (χ1v) is 8.89. The van der Waals surface area contributed by atoms with Crippen molar-refractivity contribution < 1.29 is 19.2 Å². The molecular weight excluding hydrogens is 324 g/mol. The van der Waals surface area contributed by atoms with Crippen molar-refractivity contribution in [3.8, 4) is 6.07 Å². The predicted octanol–water partition coefficient (Wildman–Crippen LogP) is 1.06. The quantitative estimate of drug-likeness (QED) is 0.604. The first kappa shape index (κ1) is 17.4. The van der Waals surface area contributed by atoms with E-state index in [1.54, 1.807) is 0 Å². The maximum atomic E-state index is 12.5. The summed E-state index contributed by atoms with van der Waals surface area (Å²) < 4.78 is 0. The molecule has 134 valence electrons. The van der Waals surface area contributed by atoms with Crippen LogP contribution >= 0.6 is 0 Å². The zero-order valence-electron chi connectivity index (χ0n) is 14.1. The summed E-state index contributed by atoms with van der Waals surface area (Å²) in [5, 5.41) is 12.1. The van der Waals surface area contributed by atoms with Crippen molar-refractivity contribution in [2.24, 2.45) is 0 Å². The molecule has 1 saturated heterocycles. The van der Waals surface area contributed by atoms with Crippen molar-refractivity contribution in [1.82, 2.24) is 15.1 Å². The van der Waals surface area contributed by atoms with E-state index >= 15 is 0 Å². The van der Waals surface area contributed by atoms with Crippen LogP contribution in [0, 0.1) is 11.3 Å². The van der Waals surface area contributed by atoms with Crippen molar-refractivity contribution in [3.05, 3.63) is 0 Å². The molecule has 5 amide bonds. The van der Waals surface area contributed by atoms with Gasteiger partial charge in [0.25, 0.3) is 0 Å². The monoisotopic (exact) mass is 346 g/mol. The second-order valence-electron chi connectivity index (χ2n) is 7.09. The molecule has 2 aliphatic carbocycles. The van der Waals surface area contributed by atoms with Gasteiger partial charge < -0.3 is 5.32 Å². The van der Waals surface area contributed by atoms with Crippen molar-refractivity contribution in [1.29, 1.82) is 5.26 Å². The highest BCUT2D eigenvalue weighted by molar-refractivity contribution is 6.45. The fourth-order valence-electron chi connectivity index (χ4n) is 4.02. The number of carbonyl (C=O) groups excluding carboxylic acids is 4. The Morgan fingerprint density at radius 2 is 1.72 bits per heavy atom. The molecule has 0 bridgehead atoms. The third kappa shape index (κ3) is 3.23. The number of nitriles is 1. The summed E-state index contributed by atoms with van der Waals surface area (Å²) in [5.74, 6) is -2.38. The molecule has 0 aromatic rings. The summed E-state index contributed by atoms with van der Waals surface area (Å²) in [6.07, 6.45) is 7.07. The molecule has 0 atom stereocenters. The van der Waals surface area contributed by atoms with Crippen molar-refractivity contribution in [2.45, 2.75) is 69.4 Å². The highest BCUT2D eigenvalue weighted by Crippen LogP contribution is 2.29. The van der Waals surface area contributed by atoms with Crippen LogP contribution in [0.2, 0.25) is 0 Å². The van der Waals surface area contributed by atoms with Crippen LogP contribution in [-0.2, 0) is 14.4 Å². The van der Waals surface area contributed by atoms with Crippen molar-refractivity contribution in [3.63, 3.8) is 0 Å². The molecule has 1 aliphatic heterocycles. The smallest absolute Gasteiger partial charge is 0.334 e. The van der Waals surface area contributed by atoms with Crippen LogP contribution in [0.5, 0.6) is 0 Å². The first-order chi connectivity index (χ1) is 12.0. The molecule has 0 unspecified atom stereocenters. The van der Waals surface area contributed by atoms with Gasteiger partial charge in [0.15, 0.2) is 0 Å². The minimum absolute atomic E-state index is 0.249. The van der Waals surface area contributed by atoms with Crippen LogP contribution in [0.15, 0.2) is 0 Å². The van der Waals surface area contributed by atoms with E-state index in [1.165, 1.54) is 0 Å². The highest BCUT2D eigenvalue weighted by Gasteiger charge is 2.49. The minimum atomic E-state index is -0.957. The number of imide groups is 2. The zero-order chi connectivity index (χ0) is 18.0. The summed E-state index contributed by atoms with van der Waals surface area (Å²) in [5.41, 5.74) is -0.934. The predicted molar refractivity (Wildman–Crippen MR) is 85.8 cm³/mol. The molecule has 8 heteroatoms. The maximum Gasteiger partial charge on any atom is 0.334 e. The van der Waals surface area contributed by atoms with E-state index in [0.717, 1.165) is 37.0 Å². The number of amides is 5. The molecule has 0 radical (unpaired) electrons. The molecule has 1 N–H and O–H groups in total. The Morgan fingerprint density at radius 3 is 2.32 bits per heavy atom. The van der Waals surface area contributed by atoms with Crippen LogP contribution < -0.4 is 5.32 Å². The highest BCUT2D eigenvalue weighted by atomic mass is 16.2. The van der Waals surface area contributed by atoms with E-state index in [4.69, 9.17) is 0 Å². The molecule has 0 aromatic heterocycles. The lowest BCUT2D eigenvalue weighted by atomic mass is 9.83. The second-order valence-corrected chi connectivity index (χ2v) is 7.09. The lowest BCUT2D eigenvalue weighted by Crippen LogP contribution is -2.52. The van der Waals surface area contributed by atoms with Crippen LogP contribution in [0.3, 0.4) is 0 Å². The van der Waals surface area contributed by atoms with E-state index in [-0.39, 0.29) is 6.04 Å². The van der Waals surface area contributed by atoms with Gasteiger partial charge >= 0.3 is 17.8 Å². The van der Waals surface area contributed by atoms with Crippen LogP contribution in [0.1, 0.15) is 57.8 Å². The number of nitrogens with one attached hydrogen (secondary N) is 1. The Balaban J connectivity index is 1.66. The van der Waals surface area contributed by atoms with Gasteiger partial charge in [0.05, 0.1) is 6.07 Å². The summed E-state index contributed by atoms with van der Waals surface area (Å²) in [4.78, 5) is 50.7. The van der Waals surface area contributed by atoms with Gasteiger partial charge in [-0.25, -0.2) is 9.69 Å². The van der Waals surface area contributed by atoms with Crippen molar-refractivity contribution in [2.75, 3.05) is 6.54 Å². The molecule has 1 heterocycles. The summed E-state index contributed by atoms with van der Waals surface area (Å²) in [6.45, 7) is -0.518. The zero-order valence-corrected chi connectivity index (χ0v) is 14.1. The lowest BCUT2D eigenvalue weighted by Gasteiger charge is -2.32. The number of carbonyl (C=O) groups is 4. The number of nitrogens with zero attached hydrogens (tertiary/aromatic N) is 3. The van der Waals surface area contributed by atoms with Gasteiger partial charge in [-0.15, -0.1) is 0 Å². The number of hydrogen-bond donors (Lipinski definition) is 1. The topological polar surface area (TPSA) is 111 Å². The van der Waals surface area contributed by atoms with Gasteiger partial charge in [-0.1, -0.05) is 32.1 Å². The molecule has 25 heavy (non-hydrogen) atoms. The summed E-state index contributed by atoms with van der Waals surface area (Å²) in [7, 11) is 0. The van der Waals surface area contributed by atoms with Gasteiger partial charge in [-0.05, 0) is 25.7 Å². The Kier molecular flexibility index (Phi) is 4.75. The first-order valence-electron chi connectivity index (χ1n) is 8.89. The Labute approximate surface area is 146 Å². The Bertz CT molecular complexity index is 642. The van der Waals surface area contributed by atoms with Crippen molar-refractivity contribution >= 4 is 23.8 Å². The summed E-state index contributed by atoms with van der Waals surface area (Å²) in [6, 6.07) is 1.20. The van der Waals surface area contributed by atoms with E-state index in [2.05, 4.69) is 11.4 Å². The SMILES string of the molecule is N#CC1(NC(=O)CN2C(=O)C(=O)N(C3CCCC3)C2=O)CCCCC1. The molecule has 2 saturated carbocycles. The fraction of sp³-hybridized carbons (Fsp3) is 0.706. The van der Waals surface area contributed by atoms with Gasteiger partial charge in [0.1, 0.15) is 12.1 Å². The third-order valence-corrected chi connectivity index (χ3v) is 5.38. The van der Waals surface area contributed by atoms with E-state index in [0.29, 0.717) is 30.6 Å². The molecule has 3 fully saturated rings. The summed E-state index contributed by atoms with van der Waals surface area (Å²) >= 11 is 0. The second kappa shape index (κ2) is 6.82. The van der Waals surface area contributed by atoms with Crippen LogP contribution in [0.4, 0.5) is 4.79 Å². The molecular formula is C17H22N4O4. The van der Waals surface area contributed by atoms with Gasteiger partial charge in [-0.3, -0.25) is 19.3 Å². The molecule has 3 aliphatic rings. The van der Waals surface area contributed by atoms with Gasteiger partial charge in [0, 0.05) is 6.04 Å². The molecule has 3 rings (SSSR count). The average Bonchev–Trinajstić information content (AvgIpc) is 3.19. The molecule has 0 spiro atoms. The largest absolute Gasteiger partial charge is 0.336 e. The van der Waals surface area contributed by atoms with E-state index in [9.17, 15) is 24.4 Å². The third-order valence-electron chi connectivity index (χ3n) is 5.38. The van der Waals surface area contributed by atoms with Gasteiger partial charge in [-0.2, -0.15) is 5.26 Å². The standard InChI is InChI=1S/C17H22N4O4/c18-11-17(8-4-1-5-9-17)19-13(22)10-20-14(23)15(24)21(16(20)25)12-6-2-3-7-12/h12H,1-10H2,(H,19,22). The number of urea groups is 1. The maximum absolute atomic E-state index is 12.5. The number of rotatable bonds is 4.